The van der Waals surface area contributed by atoms with Gasteiger partial charge in [0.2, 0.25) is 5.91 Å². The van der Waals surface area contributed by atoms with E-state index >= 15 is 0 Å². The van der Waals surface area contributed by atoms with Gasteiger partial charge >= 0.3 is 5.97 Å². The van der Waals surface area contributed by atoms with Gasteiger partial charge in [-0.15, -0.1) is 5.10 Å². The van der Waals surface area contributed by atoms with E-state index in [0.717, 1.165) is 23.4 Å². The fourth-order valence-corrected chi connectivity index (χ4v) is 3.02. The molecule has 1 N–H and O–H groups in total. The third kappa shape index (κ3) is 3.02. The zero-order valence-electron chi connectivity index (χ0n) is 13.8. The van der Waals surface area contributed by atoms with Gasteiger partial charge in [0, 0.05) is 6.54 Å². The Morgan fingerprint density at radius 2 is 1.96 bits per heavy atom. The summed E-state index contributed by atoms with van der Waals surface area (Å²) in [5, 5.41) is 17.4. The summed E-state index contributed by atoms with van der Waals surface area (Å²) >= 11 is 0. The van der Waals surface area contributed by atoms with E-state index in [1.807, 2.05) is 38.1 Å². The average Bonchev–Trinajstić information content (AvgIpc) is 3.16. The number of carboxylic acids is 1. The molecule has 3 rings (SSSR count). The van der Waals surface area contributed by atoms with Gasteiger partial charge in [-0.1, -0.05) is 22.9 Å². The standard InChI is InChI=1S/C17H20N4O3/c1-11-5-7-13(8-6-11)21-12(2)14(18-19-21)10-16(22)20-9-3-4-15(20)17(23)24/h5-8,15H,3-4,9-10H2,1-2H3,(H,23,24)/t15-/m0/s1. The summed E-state index contributed by atoms with van der Waals surface area (Å²) in [4.78, 5) is 25.1. The topological polar surface area (TPSA) is 88.3 Å². The average molecular weight is 328 g/mol. The molecule has 1 fully saturated rings. The highest BCUT2D eigenvalue weighted by molar-refractivity contribution is 5.85. The predicted molar refractivity (Wildman–Crippen MR) is 86.9 cm³/mol. The molecule has 1 aliphatic rings. The maximum absolute atomic E-state index is 12.5. The van der Waals surface area contributed by atoms with Crippen molar-refractivity contribution in [1.82, 2.24) is 19.9 Å². The fraction of sp³-hybridized carbons (Fsp3) is 0.412. The molecule has 24 heavy (non-hydrogen) atoms. The van der Waals surface area contributed by atoms with Crippen molar-refractivity contribution >= 4 is 11.9 Å². The molecule has 1 amide bonds. The molecule has 2 heterocycles. The largest absolute Gasteiger partial charge is 0.480 e. The van der Waals surface area contributed by atoms with E-state index in [1.54, 1.807) is 4.68 Å². The molecule has 0 radical (unpaired) electrons. The zero-order valence-corrected chi connectivity index (χ0v) is 13.8. The second-order valence-corrected chi connectivity index (χ2v) is 6.13. The lowest BCUT2D eigenvalue weighted by Gasteiger charge is -2.20. The molecule has 126 valence electrons. The Balaban J connectivity index is 1.78. The molecule has 1 saturated heterocycles. The summed E-state index contributed by atoms with van der Waals surface area (Å²) in [7, 11) is 0. The summed E-state index contributed by atoms with van der Waals surface area (Å²) in [6, 6.07) is 7.16. The van der Waals surface area contributed by atoms with E-state index in [1.165, 1.54) is 4.90 Å². The third-order valence-corrected chi connectivity index (χ3v) is 4.45. The van der Waals surface area contributed by atoms with Crippen molar-refractivity contribution in [3.8, 4) is 5.69 Å². The highest BCUT2D eigenvalue weighted by atomic mass is 16.4. The van der Waals surface area contributed by atoms with Crippen LogP contribution in [0.5, 0.6) is 0 Å². The number of hydrogen-bond donors (Lipinski definition) is 1. The molecular weight excluding hydrogens is 308 g/mol. The number of hydrogen-bond acceptors (Lipinski definition) is 4. The summed E-state index contributed by atoms with van der Waals surface area (Å²) in [5.41, 5.74) is 3.41. The van der Waals surface area contributed by atoms with Crippen LogP contribution < -0.4 is 0 Å². The van der Waals surface area contributed by atoms with E-state index in [-0.39, 0.29) is 12.3 Å². The van der Waals surface area contributed by atoms with Gasteiger partial charge in [0.05, 0.1) is 23.5 Å². The molecular formula is C17H20N4O3. The molecule has 0 unspecified atom stereocenters. The monoisotopic (exact) mass is 328 g/mol. The quantitative estimate of drug-likeness (QED) is 0.919. The Morgan fingerprint density at radius 3 is 2.62 bits per heavy atom. The van der Waals surface area contributed by atoms with Gasteiger partial charge in [-0.05, 0) is 38.8 Å². The maximum atomic E-state index is 12.5. The molecule has 7 nitrogen and oxygen atoms in total. The summed E-state index contributed by atoms with van der Waals surface area (Å²) in [5.74, 6) is -1.15. The van der Waals surface area contributed by atoms with Crippen LogP contribution in [0.4, 0.5) is 0 Å². The number of carbonyl (C=O) groups is 2. The number of carboxylic acid groups (broad SMARTS) is 1. The minimum Gasteiger partial charge on any atom is -0.480 e. The second kappa shape index (κ2) is 6.43. The fourth-order valence-electron chi connectivity index (χ4n) is 3.02. The second-order valence-electron chi connectivity index (χ2n) is 6.13. The van der Waals surface area contributed by atoms with Crippen LogP contribution in [0.2, 0.25) is 0 Å². The molecule has 0 saturated carbocycles. The number of rotatable bonds is 4. The normalized spacial score (nSPS) is 17.2. The molecule has 0 spiro atoms. The Hall–Kier alpha value is -2.70. The first kappa shape index (κ1) is 16.2. The number of aromatic nitrogens is 3. The Labute approximate surface area is 139 Å². The van der Waals surface area contributed by atoms with Crippen molar-refractivity contribution in [3.05, 3.63) is 41.2 Å². The maximum Gasteiger partial charge on any atom is 0.326 e. The number of carbonyl (C=O) groups excluding carboxylic acids is 1. The number of amides is 1. The van der Waals surface area contributed by atoms with Crippen LogP contribution in [0.15, 0.2) is 24.3 Å². The SMILES string of the molecule is Cc1ccc(-n2nnc(CC(=O)N3CCC[C@H]3C(=O)O)c2C)cc1. The highest BCUT2D eigenvalue weighted by Gasteiger charge is 2.34. The number of benzene rings is 1. The van der Waals surface area contributed by atoms with Crippen molar-refractivity contribution in [1.29, 1.82) is 0 Å². The third-order valence-electron chi connectivity index (χ3n) is 4.45. The highest BCUT2D eigenvalue weighted by Crippen LogP contribution is 2.20. The first-order valence-corrected chi connectivity index (χ1v) is 7.98. The van der Waals surface area contributed by atoms with Crippen molar-refractivity contribution in [2.45, 2.75) is 39.2 Å². The summed E-state index contributed by atoms with van der Waals surface area (Å²) < 4.78 is 1.70. The van der Waals surface area contributed by atoms with E-state index in [9.17, 15) is 14.7 Å². The molecule has 2 aromatic rings. The van der Waals surface area contributed by atoms with Gasteiger partial charge in [-0.2, -0.15) is 0 Å². The molecule has 1 aromatic carbocycles. The van der Waals surface area contributed by atoms with Crippen LogP contribution >= 0.6 is 0 Å². The number of likely N-dealkylation sites (tertiary alicyclic amines) is 1. The van der Waals surface area contributed by atoms with Crippen LogP contribution in [0.1, 0.15) is 29.8 Å². The molecule has 7 heteroatoms. The zero-order chi connectivity index (χ0) is 17.3. The van der Waals surface area contributed by atoms with Crippen LogP contribution in [-0.2, 0) is 16.0 Å². The van der Waals surface area contributed by atoms with Gasteiger partial charge in [0.25, 0.3) is 0 Å². The van der Waals surface area contributed by atoms with Crippen LogP contribution in [0, 0.1) is 13.8 Å². The molecule has 1 aromatic heterocycles. The van der Waals surface area contributed by atoms with Crippen LogP contribution in [-0.4, -0.2) is 49.5 Å². The van der Waals surface area contributed by atoms with Crippen LogP contribution in [0.3, 0.4) is 0 Å². The van der Waals surface area contributed by atoms with E-state index in [2.05, 4.69) is 10.3 Å². The van der Waals surface area contributed by atoms with Crippen molar-refractivity contribution in [3.63, 3.8) is 0 Å². The van der Waals surface area contributed by atoms with Crippen molar-refractivity contribution in [2.24, 2.45) is 0 Å². The lowest BCUT2D eigenvalue weighted by Crippen LogP contribution is -2.41. The lowest BCUT2D eigenvalue weighted by molar-refractivity contribution is -0.148. The minimum absolute atomic E-state index is 0.0709. The molecule has 0 aliphatic carbocycles. The van der Waals surface area contributed by atoms with Gasteiger partial charge in [0.1, 0.15) is 6.04 Å². The molecule has 1 aliphatic heterocycles. The lowest BCUT2D eigenvalue weighted by atomic mass is 10.2. The van der Waals surface area contributed by atoms with Gasteiger partial charge < -0.3 is 10.0 Å². The Kier molecular flexibility index (Phi) is 4.33. The van der Waals surface area contributed by atoms with E-state index in [4.69, 9.17) is 0 Å². The van der Waals surface area contributed by atoms with Crippen molar-refractivity contribution in [2.75, 3.05) is 6.54 Å². The van der Waals surface area contributed by atoms with E-state index < -0.39 is 12.0 Å². The van der Waals surface area contributed by atoms with Gasteiger partial charge in [-0.25, -0.2) is 9.48 Å². The number of aliphatic carboxylic acids is 1. The first-order chi connectivity index (χ1) is 11.5. The summed E-state index contributed by atoms with van der Waals surface area (Å²) in [6.07, 6.45) is 1.30. The van der Waals surface area contributed by atoms with Gasteiger partial charge in [-0.3, -0.25) is 4.79 Å². The van der Waals surface area contributed by atoms with Crippen LogP contribution in [0.25, 0.3) is 5.69 Å². The Morgan fingerprint density at radius 1 is 1.25 bits per heavy atom. The van der Waals surface area contributed by atoms with E-state index in [0.29, 0.717) is 18.7 Å². The smallest absolute Gasteiger partial charge is 0.326 e. The first-order valence-electron chi connectivity index (χ1n) is 7.98. The molecule has 0 bridgehead atoms. The predicted octanol–water partition coefficient (Wildman–Crippen LogP) is 1.50. The van der Waals surface area contributed by atoms with Crippen molar-refractivity contribution < 1.29 is 14.7 Å². The Bertz CT molecular complexity index is 767. The minimum atomic E-state index is -0.944. The number of aryl methyl sites for hydroxylation is 1. The molecule has 1 atom stereocenters. The van der Waals surface area contributed by atoms with Gasteiger partial charge in [0.15, 0.2) is 0 Å². The number of nitrogens with zero attached hydrogens (tertiary/aromatic N) is 4. The summed E-state index contributed by atoms with van der Waals surface area (Å²) in [6.45, 7) is 4.36.